The minimum Gasteiger partial charge on any atom is -0.312 e. The minimum atomic E-state index is -0.110. The van der Waals surface area contributed by atoms with Crippen molar-refractivity contribution in [2.45, 2.75) is 13.3 Å². The largest absolute Gasteiger partial charge is 0.312 e. The Morgan fingerprint density at radius 2 is 2.36 bits per heavy atom. The second-order valence-electron chi connectivity index (χ2n) is 2.14. The molecule has 11 heavy (non-hydrogen) atoms. The van der Waals surface area contributed by atoms with Gasteiger partial charge in [0.1, 0.15) is 5.15 Å². The van der Waals surface area contributed by atoms with Crippen molar-refractivity contribution in [2.75, 3.05) is 0 Å². The highest BCUT2D eigenvalue weighted by molar-refractivity contribution is 9.10. The van der Waals surface area contributed by atoms with Gasteiger partial charge in [0, 0.05) is 5.56 Å². The normalized spacial score (nSPS) is 10.1. The lowest BCUT2D eigenvalue weighted by Crippen LogP contribution is -2.11. The van der Waals surface area contributed by atoms with Crippen molar-refractivity contribution in [2.24, 2.45) is 0 Å². The standard InChI is InChI=1S/C7H7BrClNO/c1-2-4-3-5(8)6(9)10-7(4)11/h3H,2H2,1H3,(H,10,11). The van der Waals surface area contributed by atoms with Crippen LogP contribution in [0.5, 0.6) is 0 Å². The van der Waals surface area contributed by atoms with E-state index in [0.29, 0.717) is 11.6 Å². The molecule has 0 spiro atoms. The SMILES string of the molecule is CCc1cc(Br)c(Cl)[nH]c1=O. The van der Waals surface area contributed by atoms with Gasteiger partial charge in [0.15, 0.2) is 0 Å². The molecular weight excluding hydrogens is 229 g/mol. The highest BCUT2D eigenvalue weighted by Gasteiger charge is 2.01. The lowest BCUT2D eigenvalue weighted by atomic mass is 10.2. The summed E-state index contributed by atoms with van der Waals surface area (Å²) in [6.07, 6.45) is 0.713. The number of nitrogens with one attached hydrogen (secondary N) is 1. The van der Waals surface area contributed by atoms with Crippen LogP contribution in [0.15, 0.2) is 15.3 Å². The highest BCUT2D eigenvalue weighted by Crippen LogP contribution is 2.18. The Morgan fingerprint density at radius 1 is 1.73 bits per heavy atom. The van der Waals surface area contributed by atoms with Crippen molar-refractivity contribution < 1.29 is 0 Å². The Hall–Kier alpha value is -0.280. The number of H-pyrrole nitrogens is 1. The molecule has 60 valence electrons. The van der Waals surface area contributed by atoms with E-state index in [0.717, 1.165) is 10.0 Å². The van der Waals surface area contributed by atoms with Crippen LogP contribution in [-0.4, -0.2) is 4.98 Å². The van der Waals surface area contributed by atoms with Crippen LogP contribution in [0, 0.1) is 0 Å². The van der Waals surface area contributed by atoms with Crippen molar-refractivity contribution in [3.05, 3.63) is 31.6 Å². The predicted octanol–water partition coefficient (Wildman–Crippen LogP) is 2.35. The molecule has 0 saturated carbocycles. The second-order valence-corrected chi connectivity index (χ2v) is 3.37. The van der Waals surface area contributed by atoms with Gasteiger partial charge in [0.05, 0.1) is 4.47 Å². The van der Waals surface area contributed by atoms with Gasteiger partial charge < -0.3 is 4.98 Å². The molecule has 0 aromatic carbocycles. The van der Waals surface area contributed by atoms with Crippen molar-refractivity contribution in [3.63, 3.8) is 0 Å². The third kappa shape index (κ3) is 1.84. The lowest BCUT2D eigenvalue weighted by molar-refractivity contribution is 1.05. The average Bonchev–Trinajstić information content (AvgIpc) is 1.97. The Bertz CT molecular complexity index is 321. The fraction of sp³-hybridized carbons (Fsp3) is 0.286. The molecule has 4 heteroatoms. The molecule has 1 N–H and O–H groups in total. The molecule has 0 aliphatic rings. The molecule has 0 aliphatic carbocycles. The molecule has 0 bridgehead atoms. The van der Waals surface area contributed by atoms with Gasteiger partial charge in [0.2, 0.25) is 0 Å². The van der Waals surface area contributed by atoms with E-state index >= 15 is 0 Å². The van der Waals surface area contributed by atoms with Crippen molar-refractivity contribution in [3.8, 4) is 0 Å². The van der Waals surface area contributed by atoms with E-state index in [-0.39, 0.29) is 5.56 Å². The summed E-state index contributed by atoms with van der Waals surface area (Å²) in [5.41, 5.74) is 0.627. The summed E-state index contributed by atoms with van der Waals surface area (Å²) in [5, 5.41) is 0.354. The Morgan fingerprint density at radius 3 is 2.91 bits per heavy atom. The summed E-state index contributed by atoms with van der Waals surface area (Å²) in [7, 11) is 0. The third-order valence-corrected chi connectivity index (χ3v) is 2.56. The van der Waals surface area contributed by atoms with Gasteiger partial charge in [-0.2, -0.15) is 0 Å². The predicted molar refractivity (Wildman–Crippen MR) is 49.2 cm³/mol. The summed E-state index contributed by atoms with van der Waals surface area (Å²) in [4.78, 5) is 13.6. The van der Waals surface area contributed by atoms with Crippen LogP contribution < -0.4 is 5.56 Å². The first-order valence-corrected chi connectivity index (χ1v) is 4.39. The number of hydrogen-bond donors (Lipinski definition) is 1. The van der Waals surface area contributed by atoms with Crippen molar-refractivity contribution in [1.29, 1.82) is 0 Å². The zero-order chi connectivity index (χ0) is 8.43. The lowest BCUT2D eigenvalue weighted by Gasteiger charge is -1.97. The van der Waals surface area contributed by atoms with E-state index < -0.39 is 0 Å². The van der Waals surface area contributed by atoms with E-state index in [2.05, 4.69) is 20.9 Å². The van der Waals surface area contributed by atoms with Crippen LogP contribution in [0.3, 0.4) is 0 Å². The Balaban J connectivity index is 3.32. The fourth-order valence-corrected chi connectivity index (χ4v) is 1.30. The van der Waals surface area contributed by atoms with Gasteiger partial charge in [-0.3, -0.25) is 4.79 Å². The van der Waals surface area contributed by atoms with E-state index in [1.165, 1.54) is 0 Å². The molecule has 1 rings (SSSR count). The zero-order valence-corrected chi connectivity index (χ0v) is 8.29. The number of aromatic nitrogens is 1. The molecule has 0 amide bonds. The van der Waals surface area contributed by atoms with Gasteiger partial charge in [-0.05, 0) is 28.4 Å². The number of halogens is 2. The number of aromatic amines is 1. The van der Waals surface area contributed by atoms with Gasteiger partial charge >= 0.3 is 0 Å². The topological polar surface area (TPSA) is 32.9 Å². The Labute approximate surface area is 77.7 Å². The van der Waals surface area contributed by atoms with Gasteiger partial charge in [-0.25, -0.2) is 0 Å². The van der Waals surface area contributed by atoms with Gasteiger partial charge in [0.25, 0.3) is 5.56 Å². The number of pyridine rings is 1. The van der Waals surface area contributed by atoms with Crippen LogP contribution in [-0.2, 0) is 6.42 Å². The number of rotatable bonds is 1. The van der Waals surface area contributed by atoms with Gasteiger partial charge in [-0.15, -0.1) is 0 Å². The van der Waals surface area contributed by atoms with Crippen LogP contribution >= 0.6 is 27.5 Å². The zero-order valence-electron chi connectivity index (χ0n) is 5.95. The summed E-state index contributed by atoms with van der Waals surface area (Å²) in [6, 6.07) is 1.74. The van der Waals surface area contributed by atoms with Crippen molar-refractivity contribution >= 4 is 27.5 Å². The second kappa shape index (κ2) is 3.41. The van der Waals surface area contributed by atoms with Gasteiger partial charge in [-0.1, -0.05) is 18.5 Å². The fourth-order valence-electron chi connectivity index (χ4n) is 0.784. The maximum Gasteiger partial charge on any atom is 0.252 e. The molecular formula is C7H7BrClNO. The summed E-state index contributed by atoms with van der Waals surface area (Å²) in [6.45, 7) is 1.92. The maximum atomic E-state index is 11.1. The van der Waals surface area contributed by atoms with Crippen LogP contribution in [0.2, 0.25) is 5.15 Å². The Kier molecular flexibility index (Phi) is 2.73. The number of hydrogen-bond acceptors (Lipinski definition) is 1. The van der Waals surface area contributed by atoms with Crippen LogP contribution in [0.25, 0.3) is 0 Å². The maximum absolute atomic E-state index is 11.1. The summed E-state index contributed by atoms with van der Waals surface area (Å²) >= 11 is 8.86. The molecule has 0 saturated heterocycles. The van der Waals surface area contributed by atoms with E-state index in [1.54, 1.807) is 6.07 Å². The first-order chi connectivity index (χ1) is 5.15. The molecule has 1 heterocycles. The van der Waals surface area contributed by atoms with E-state index in [1.807, 2.05) is 6.92 Å². The third-order valence-electron chi connectivity index (χ3n) is 1.41. The molecule has 0 radical (unpaired) electrons. The smallest absolute Gasteiger partial charge is 0.252 e. The first-order valence-electron chi connectivity index (χ1n) is 3.22. The van der Waals surface area contributed by atoms with E-state index in [4.69, 9.17) is 11.6 Å². The molecule has 0 aliphatic heterocycles. The molecule has 1 aromatic heterocycles. The molecule has 0 atom stereocenters. The molecule has 2 nitrogen and oxygen atoms in total. The number of aryl methyl sites for hydroxylation is 1. The minimum absolute atomic E-state index is 0.110. The summed E-state index contributed by atoms with van der Waals surface area (Å²) < 4.78 is 0.732. The van der Waals surface area contributed by atoms with E-state index in [9.17, 15) is 4.79 Å². The monoisotopic (exact) mass is 235 g/mol. The van der Waals surface area contributed by atoms with Crippen LogP contribution in [0.1, 0.15) is 12.5 Å². The summed E-state index contributed by atoms with van der Waals surface area (Å²) in [5.74, 6) is 0. The first kappa shape index (κ1) is 8.81. The quantitative estimate of drug-likeness (QED) is 0.746. The molecule has 0 fully saturated rings. The van der Waals surface area contributed by atoms with Crippen molar-refractivity contribution in [1.82, 2.24) is 4.98 Å². The molecule has 1 aromatic rings. The van der Waals surface area contributed by atoms with Crippen LogP contribution in [0.4, 0.5) is 0 Å². The molecule has 0 unspecified atom stereocenters. The average molecular weight is 236 g/mol. The highest BCUT2D eigenvalue weighted by atomic mass is 79.9.